The number of ether oxygens (including phenoxy) is 1. The minimum atomic E-state index is -0.0252. The smallest absolute Gasteiger partial charge is 0.230 e. The molecule has 6 nitrogen and oxygen atoms in total. The number of thioether (sulfide) groups is 1. The molecule has 1 unspecified atom stereocenters. The summed E-state index contributed by atoms with van der Waals surface area (Å²) in [5.41, 5.74) is 3.13. The number of carbonyl (C=O) groups is 1. The normalized spacial score (nSPS) is 14.8. The number of aromatic nitrogens is 3. The van der Waals surface area contributed by atoms with Gasteiger partial charge >= 0.3 is 0 Å². The van der Waals surface area contributed by atoms with E-state index in [9.17, 15) is 4.79 Å². The molecule has 1 aliphatic rings. The van der Waals surface area contributed by atoms with Gasteiger partial charge in [0.2, 0.25) is 5.91 Å². The van der Waals surface area contributed by atoms with E-state index in [1.54, 1.807) is 0 Å². The second-order valence-electron chi connectivity index (χ2n) is 7.92. The summed E-state index contributed by atoms with van der Waals surface area (Å²) in [5, 5.41) is 12.6. The molecular weight excluding hydrogens is 432 g/mol. The van der Waals surface area contributed by atoms with Crippen molar-refractivity contribution < 1.29 is 9.53 Å². The summed E-state index contributed by atoms with van der Waals surface area (Å²) in [4.78, 5) is 12.6. The van der Waals surface area contributed by atoms with Crippen molar-refractivity contribution in [1.82, 2.24) is 20.1 Å². The number of hydrogen-bond acceptors (Lipinski definition) is 5. The predicted molar refractivity (Wildman–Crippen MR) is 130 cm³/mol. The molecule has 0 bridgehead atoms. The molecule has 1 aliphatic heterocycles. The van der Waals surface area contributed by atoms with E-state index in [-0.39, 0.29) is 17.6 Å². The van der Waals surface area contributed by atoms with Gasteiger partial charge in [0, 0.05) is 23.7 Å². The highest BCUT2D eigenvalue weighted by molar-refractivity contribution is 7.99. The van der Waals surface area contributed by atoms with Gasteiger partial charge < -0.3 is 10.1 Å². The van der Waals surface area contributed by atoms with Crippen molar-refractivity contribution in [3.05, 3.63) is 90.5 Å². The van der Waals surface area contributed by atoms with Gasteiger partial charge in [-0.05, 0) is 30.2 Å². The van der Waals surface area contributed by atoms with Gasteiger partial charge in [0.1, 0.15) is 5.75 Å². The van der Waals surface area contributed by atoms with Gasteiger partial charge in [-0.3, -0.25) is 9.36 Å². The summed E-state index contributed by atoms with van der Waals surface area (Å²) in [5.74, 6) is 2.21. The van der Waals surface area contributed by atoms with Crippen LogP contribution in [0.4, 0.5) is 0 Å². The molecular formula is C26H24N4O2S. The van der Waals surface area contributed by atoms with Crippen molar-refractivity contribution in [2.24, 2.45) is 5.92 Å². The van der Waals surface area contributed by atoms with Crippen molar-refractivity contribution in [3.63, 3.8) is 0 Å². The van der Waals surface area contributed by atoms with E-state index in [0.717, 1.165) is 29.2 Å². The molecule has 0 saturated carbocycles. The van der Waals surface area contributed by atoms with E-state index >= 15 is 0 Å². The lowest BCUT2D eigenvalue weighted by atomic mass is 9.97. The summed E-state index contributed by atoms with van der Waals surface area (Å²) in [6, 6.07) is 28.0. The Balaban J connectivity index is 1.24. The predicted octanol–water partition coefficient (Wildman–Crippen LogP) is 4.39. The molecule has 0 saturated heterocycles. The Hall–Kier alpha value is -3.58. The Morgan fingerprint density at radius 2 is 1.70 bits per heavy atom. The Kier molecular flexibility index (Phi) is 6.39. The Morgan fingerprint density at radius 1 is 0.970 bits per heavy atom. The number of rotatable bonds is 7. The van der Waals surface area contributed by atoms with Crippen LogP contribution < -0.4 is 10.1 Å². The Labute approximate surface area is 197 Å². The molecule has 0 aliphatic carbocycles. The van der Waals surface area contributed by atoms with Crippen LogP contribution in [0.15, 0.2) is 90.1 Å². The first kappa shape index (κ1) is 21.3. The zero-order chi connectivity index (χ0) is 22.5. The van der Waals surface area contributed by atoms with Crippen molar-refractivity contribution in [2.75, 3.05) is 18.9 Å². The van der Waals surface area contributed by atoms with Crippen molar-refractivity contribution in [1.29, 1.82) is 0 Å². The first-order chi connectivity index (χ1) is 16.3. The highest BCUT2D eigenvalue weighted by Crippen LogP contribution is 2.28. The maximum atomic E-state index is 12.6. The fraction of sp³-hybridized carbons (Fsp3) is 0.192. The van der Waals surface area contributed by atoms with Crippen LogP contribution in [-0.4, -0.2) is 39.6 Å². The molecule has 0 spiro atoms. The highest BCUT2D eigenvalue weighted by Gasteiger charge is 2.21. The maximum absolute atomic E-state index is 12.6. The minimum Gasteiger partial charge on any atom is -0.493 e. The van der Waals surface area contributed by atoms with Gasteiger partial charge in [0.25, 0.3) is 0 Å². The lowest BCUT2D eigenvalue weighted by molar-refractivity contribution is -0.118. The second-order valence-corrected chi connectivity index (χ2v) is 8.87. The van der Waals surface area contributed by atoms with E-state index in [2.05, 4.69) is 21.6 Å². The fourth-order valence-corrected chi connectivity index (χ4v) is 4.69. The summed E-state index contributed by atoms with van der Waals surface area (Å²) in [6.07, 6.45) is 0.909. The Morgan fingerprint density at radius 3 is 2.52 bits per heavy atom. The summed E-state index contributed by atoms with van der Waals surface area (Å²) < 4.78 is 7.83. The number of fused-ring (bicyclic) bond motifs is 1. The van der Waals surface area contributed by atoms with E-state index in [0.29, 0.717) is 18.3 Å². The molecule has 0 fully saturated rings. The first-order valence-electron chi connectivity index (χ1n) is 10.9. The number of nitrogens with zero attached hydrogens (tertiary/aromatic N) is 3. The molecule has 5 rings (SSSR count). The zero-order valence-electron chi connectivity index (χ0n) is 18.1. The van der Waals surface area contributed by atoms with Gasteiger partial charge in [0.05, 0.1) is 12.4 Å². The molecule has 1 amide bonds. The number of benzene rings is 3. The van der Waals surface area contributed by atoms with Crippen molar-refractivity contribution >= 4 is 17.7 Å². The number of nitrogens with one attached hydrogen (secondary N) is 1. The van der Waals surface area contributed by atoms with E-state index < -0.39 is 0 Å². The lowest BCUT2D eigenvalue weighted by Crippen LogP contribution is -2.35. The fourth-order valence-electron chi connectivity index (χ4n) is 3.91. The van der Waals surface area contributed by atoms with Crippen molar-refractivity contribution in [3.8, 4) is 22.8 Å². The van der Waals surface area contributed by atoms with E-state index in [4.69, 9.17) is 4.74 Å². The number of para-hydroxylation sites is 2. The van der Waals surface area contributed by atoms with E-state index in [1.165, 1.54) is 17.3 Å². The molecule has 1 N–H and O–H groups in total. The standard InChI is InChI=1S/C26H24N4O2S/c31-24(27-16-19-15-21-11-7-8-14-23(21)32-17-19)18-33-26-29-28-25(20-9-3-1-4-10-20)30(26)22-12-5-2-6-13-22/h1-14,19H,15-18H2,(H,27,31). The van der Waals surface area contributed by atoms with Gasteiger partial charge in [-0.1, -0.05) is 78.5 Å². The molecule has 4 aromatic rings. The van der Waals surface area contributed by atoms with Gasteiger partial charge in [-0.15, -0.1) is 10.2 Å². The van der Waals surface area contributed by atoms with E-state index in [1.807, 2.05) is 83.4 Å². The van der Waals surface area contributed by atoms with Gasteiger partial charge in [-0.25, -0.2) is 0 Å². The zero-order valence-corrected chi connectivity index (χ0v) is 18.9. The van der Waals surface area contributed by atoms with Gasteiger partial charge in [0.15, 0.2) is 11.0 Å². The summed E-state index contributed by atoms with van der Waals surface area (Å²) >= 11 is 1.39. The lowest BCUT2D eigenvalue weighted by Gasteiger charge is -2.25. The number of amides is 1. The van der Waals surface area contributed by atoms with Crippen LogP contribution in [0.2, 0.25) is 0 Å². The minimum absolute atomic E-state index is 0.0252. The molecule has 1 aromatic heterocycles. The van der Waals surface area contributed by atoms with Crippen LogP contribution in [0.1, 0.15) is 5.56 Å². The molecule has 33 heavy (non-hydrogen) atoms. The quantitative estimate of drug-likeness (QED) is 0.418. The third-order valence-electron chi connectivity index (χ3n) is 5.56. The highest BCUT2D eigenvalue weighted by atomic mass is 32.2. The molecule has 2 heterocycles. The largest absolute Gasteiger partial charge is 0.493 e. The first-order valence-corrected chi connectivity index (χ1v) is 11.9. The Bertz CT molecular complexity index is 1230. The van der Waals surface area contributed by atoms with Crippen LogP contribution in [0.3, 0.4) is 0 Å². The topological polar surface area (TPSA) is 69.0 Å². The van der Waals surface area contributed by atoms with Crippen LogP contribution in [0.5, 0.6) is 5.75 Å². The summed E-state index contributed by atoms with van der Waals surface area (Å²) in [7, 11) is 0. The third-order valence-corrected chi connectivity index (χ3v) is 6.48. The van der Waals surface area contributed by atoms with Crippen LogP contribution in [0.25, 0.3) is 17.1 Å². The van der Waals surface area contributed by atoms with Crippen molar-refractivity contribution in [2.45, 2.75) is 11.6 Å². The van der Waals surface area contributed by atoms with Crippen LogP contribution in [-0.2, 0) is 11.2 Å². The van der Waals surface area contributed by atoms with Crippen LogP contribution in [0, 0.1) is 5.92 Å². The number of hydrogen-bond donors (Lipinski definition) is 1. The number of carbonyl (C=O) groups excluding carboxylic acids is 1. The molecule has 0 radical (unpaired) electrons. The molecule has 3 aromatic carbocycles. The van der Waals surface area contributed by atoms with Crippen LogP contribution >= 0.6 is 11.8 Å². The maximum Gasteiger partial charge on any atom is 0.230 e. The monoisotopic (exact) mass is 456 g/mol. The second kappa shape index (κ2) is 9.92. The molecule has 166 valence electrons. The summed E-state index contributed by atoms with van der Waals surface area (Å²) in [6.45, 7) is 1.21. The SMILES string of the molecule is O=C(CSc1nnc(-c2ccccc2)n1-c1ccccc1)NCC1COc2ccccc2C1. The average molecular weight is 457 g/mol. The molecule has 1 atom stereocenters. The average Bonchev–Trinajstić information content (AvgIpc) is 3.31. The van der Waals surface area contributed by atoms with Gasteiger partial charge in [-0.2, -0.15) is 0 Å². The third kappa shape index (κ3) is 4.93. The molecule has 7 heteroatoms.